The lowest BCUT2D eigenvalue weighted by Gasteiger charge is -2.22. The zero-order chi connectivity index (χ0) is 21.8. The van der Waals surface area contributed by atoms with Gasteiger partial charge in [-0.3, -0.25) is 4.79 Å². The highest BCUT2D eigenvalue weighted by molar-refractivity contribution is 8.00. The van der Waals surface area contributed by atoms with E-state index in [1.54, 1.807) is 11.8 Å². The number of hydrogen-bond donors (Lipinski definition) is 3. The minimum atomic E-state index is -0.786. The molecular weight excluding hydrogens is 406 g/mol. The van der Waals surface area contributed by atoms with Gasteiger partial charge in [-0.05, 0) is 24.8 Å². The second-order valence-electron chi connectivity index (χ2n) is 8.06. The van der Waals surface area contributed by atoms with Crippen LogP contribution in [0.25, 0.3) is 10.4 Å². The molecule has 3 N–H and O–H groups in total. The van der Waals surface area contributed by atoms with Crippen molar-refractivity contribution < 1.29 is 19.4 Å². The summed E-state index contributed by atoms with van der Waals surface area (Å²) in [6, 6.07) is -0.429. The number of carboxylic acid groups (broad SMARTS) is 1. The van der Waals surface area contributed by atoms with E-state index in [-0.39, 0.29) is 35.2 Å². The van der Waals surface area contributed by atoms with Crippen LogP contribution < -0.4 is 10.6 Å². The van der Waals surface area contributed by atoms with Gasteiger partial charge in [0.2, 0.25) is 0 Å². The highest BCUT2D eigenvalue weighted by atomic mass is 32.2. The number of hydrogen-bond acceptors (Lipinski definition) is 5. The van der Waals surface area contributed by atoms with Crippen LogP contribution in [0.2, 0.25) is 0 Å². The summed E-state index contributed by atoms with van der Waals surface area (Å²) in [7, 11) is 0. The lowest BCUT2D eigenvalue weighted by Crippen LogP contribution is -2.41. The maximum Gasteiger partial charge on any atom is 0.315 e. The third kappa shape index (κ3) is 8.24. The fraction of sp³-hybridized carbons (Fsp3) is 0.900. The molecule has 0 aromatic heterocycles. The molecule has 2 aliphatic rings. The Bertz CT molecular complexity index is 602. The molecule has 30 heavy (non-hydrogen) atoms. The Morgan fingerprint density at radius 1 is 1.17 bits per heavy atom. The van der Waals surface area contributed by atoms with E-state index in [1.165, 1.54) is 32.1 Å². The number of fused-ring (bicyclic) bond motifs is 1. The highest BCUT2D eigenvalue weighted by Crippen LogP contribution is 2.40. The smallest absolute Gasteiger partial charge is 0.315 e. The van der Waals surface area contributed by atoms with E-state index >= 15 is 0 Å². The number of nitrogens with zero attached hydrogens (tertiary/aromatic N) is 3. The fourth-order valence-corrected chi connectivity index (χ4v) is 5.71. The molecule has 2 amide bonds. The van der Waals surface area contributed by atoms with Gasteiger partial charge in [0.25, 0.3) is 0 Å². The number of carbonyl (C=O) groups is 2. The topological polar surface area (TPSA) is 136 Å². The molecule has 0 spiro atoms. The van der Waals surface area contributed by atoms with E-state index in [9.17, 15) is 9.59 Å². The van der Waals surface area contributed by atoms with Gasteiger partial charge < -0.3 is 20.5 Å². The Morgan fingerprint density at radius 3 is 2.57 bits per heavy atom. The van der Waals surface area contributed by atoms with Crippen molar-refractivity contribution in [2.75, 3.05) is 0 Å². The zero-order valence-electron chi connectivity index (χ0n) is 17.8. The molecule has 2 rings (SSSR count). The Kier molecular flexibility index (Phi) is 11.2. The Morgan fingerprint density at radius 2 is 1.87 bits per heavy atom. The fourth-order valence-electron chi connectivity index (χ4n) is 4.05. The third-order valence-electron chi connectivity index (χ3n) is 5.64. The maximum absolute atomic E-state index is 11.9. The first kappa shape index (κ1) is 24.6. The van der Waals surface area contributed by atoms with Crippen LogP contribution >= 0.6 is 11.8 Å². The van der Waals surface area contributed by atoms with Crippen molar-refractivity contribution in [3.8, 4) is 0 Å². The highest BCUT2D eigenvalue weighted by Gasteiger charge is 2.50. The van der Waals surface area contributed by atoms with Crippen molar-refractivity contribution in [1.29, 1.82) is 0 Å². The van der Waals surface area contributed by atoms with E-state index in [0.717, 1.165) is 25.7 Å². The normalized spacial score (nSPS) is 25.8. The van der Waals surface area contributed by atoms with Crippen molar-refractivity contribution in [3.63, 3.8) is 0 Å². The first-order valence-corrected chi connectivity index (χ1v) is 12.1. The van der Waals surface area contributed by atoms with Gasteiger partial charge in [-0.15, -0.1) is 11.8 Å². The van der Waals surface area contributed by atoms with Gasteiger partial charge in [-0.25, -0.2) is 4.79 Å². The minimum absolute atomic E-state index is 0.0531. The quantitative estimate of drug-likeness (QED) is 0.103. The standard InChI is InChI=1S/C20H35N5O4S/c1-2-3-4-5-6-7-8-12-15(24-25-21)29-19-18-17(22-20(28)23-18)14(30-19)11-9-10-13-16(26)27/h14-15,17-19H,2-13H2,1H3,(H,26,27)(H2,22,23,28)/t14-,15?,17+,18+,19+/m0/s1. The molecule has 9 nitrogen and oxygen atoms in total. The van der Waals surface area contributed by atoms with Crippen LogP contribution in [-0.4, -0.2) is 46.1 Å². The van der Waals surface area contributed by atoms with Crippen molar-refractivity contribution in [3.05, 3.63) is 10.4 Å². The summed E-state index contributed by atoms with van der Waals surface area (Å²) in [5.41, 5.74) is 8.64. The first-order chi connectivity index (χ1) is 14.5. The number of ether oxygens (including phenoxy) is 1. The van der Waals surface area contributed by atoms with Crippen molar-refractivity contribution in [2.24, 2.45) is 5.11 Å². The predicted molar refractivity (Wildman–Crippen MR) is 117 cm³/mol. The van der Waals surface area contributed by atoms with E-state index < -0.39 is 12.2 Å². The van der Waals surface area contributed by atoms with Gasteiger partial charge in [0.1, 0.15) is 11.7 Å². The number of urea groups is 1. The molecule has 170 valence electrons. The van der Waals surface area contributed by atoms with E-state index in [0.29, 0.717) is 12.8 Å². The Labute approximate surface area is 182 Å². The van der Waals surface area contributed by atoms with Crippen LogP contribution in [0.5, 0.6) is 0 Å². The zero-order valence-corrected chi connectivity index (χ0v) is 18.6. The summed E-state index contributed by atoms with van der Waals surface area (Å²) >= 11 is 1.64. The average molecular weight is 442 g/mol. The molecule has 1 unspecified atom stereocenters. The molecule has 2 saturated heterocycles. The number of azide groups is 1. The lowest BCUT2D eigenvalue weighted by molar-refractivity contribution is -0.137. The maximum atomic E-state index is 11.9. The van der Waals surface area contributed by atoms with Gasteiger partial charge >= 0.3 is 12.0 Å². The molecule has 2 aliphatic heterocycles. The number of nitrogens with one attached hydrogen (secondary N) is 2. The number of unbranched alkanes of at least 4 members (excludes halogenated alkanes) is 7. The van der Waals surface area contributed by atoms with Crippen molar-refractivity contribution in [2.45, 2.75) is 113 Å². The summed E-state index contributed by atoms with van der Waals surface area (Å²) in [5, 5.41) is 18.7. The summed E-state index contributed by atoms with van der Waals surface area (Å²) in [6.07, 6.45) is 10.8. The minimum Gasteiger partial charge on any atom is -0.481 e. The molecule has 0 bridgehead atoms. The largest absolute Gasteiger partial charge is 0.481 e. The number of carboxylic acids is 1. The molecule has 0 aromatic carbocycles. The summed E-state index contributed by atoms with van der Waals surface area (Å²) in [6.45, 7) is 2.20. The van der Waals surface area contributed by atoms with Crippen LogP contribution in [0.1, 0.15) is 84.0 Å². The van der Waals surface area contributed by atoms with Crippen LogP contribution in [0.15, 0.2) is 5.11 Å². The van der Waals surface area contributed by atoms with Gasteiger partial charge in [0.15, 0.2) is 0 Å². The average Bonchev–Trinajstić information content (AvgIpc) is 3.23. The van der Waals surface area contributed by atoms with Gasteiger partial charge in [0, 0.05) is 16.6 Å². The SMILES string of the molecule is CCCCCCCCCC(N=[N+]=[N-])O[C@@H]1S[C@@H](CCCCC(=O)O)[C@H]2NC(=O)N[C@H]21. The number of aliphatic carboxylic acids is 1. The monoisotopic (exact) mass is 441 g/mol. The number of carbonyl (C=O) groups excluding carboxylic acids is 1. The van der Waals surface area contributed by atoms with E-state index in [4.69, 9.17) is 15.4 Å². The van der Waals surface area contributed by atoms with Gasteiger partial charge in [0.05, 0.1) is 12.1 Å². The van der Waals surface area contributed by atoms with E-state index in [2.05, 4.69) is 27.6 Å². The molecule has 0 saturated carbocycles. The van der Waals surface area contributed by atoms with Gasteiger partial charge in [-0.1, -0.05) is 63.4 Å². The first-order valence-electron chi connectivity index (χ1n) is 11.2. The van der Waals surface area contributed by atoms with Gasteiger partial charge in [-0.2, -0.15) is 0 Å². The van der Waals surface area contributed by atoms with Crippen LogP contribution in [-0.2, 0) is 9.53 Å². The third-order valence-corrected chi connectivity index (χ3v) is 7.19. The summed E-state index contributed by atoms with van der Waals surface area (Å²) < 4.78 is 6.13. The molecule has 2 fully saturated rings. The molecular formula is C20H35N5O4S. The summed E-state index contributed by atoms with van der Waals surface area (Å²) in [4.78, 5) is 25.5. The van der Waals surface area contributed by atoms with Crippen molar-refractivity contribution in [1.82, 2.24) is 10.6 Å². The second kappa shape index (κ2) is 13.6. The molecule has 10 heteroatoms. The number of thioether (sulfide) groups is 1. The Hall–Kier alpha value is -1.64. The van der Waals surface area contributed by atoms with Crippen LogP contribution in [0.3, 0.4) is 0 Å². The predicted octanol–water partition coefficient (Wildman–Crippen LogP) is 4.92. The summed E-state index contributed by atoms with van der Waals surface area (Å²) in [5.74, 6) is -0.786. The van der Waals surface area contributed by atoms with E-state index in [1.807, 2.05) is 0 Å². The number of rotatable bonds is 16. The van der Waals surface area contributed by atoms with Crippen molar-refractivity contribution >= 4 is 23.8 Å². The molecule has 2 heterocycles. The molecule has 0 aliphatic carbocycles. The molecule has 5 atom stereocenters. The Balaban J connectivity index is 1.80. The second-order valence-corrected chi connectivity index (χ2v) is 9.40. The molecule has 0 aromatic rings. The number of amides is 2. The lowest BCUT2D eigenvalue weighted by atomic mass is 10.0. The van der Waals surface area contributed by atoms with Crippen LogP contribution in [0, 0.1) is 0 Å². The van der Waals surface area contributed by atoms with Crippen LogP contribution in [0.4, 0.5) is 4.79 Å². The molecule has 0 radical (unpaired) electrons.